The van der Waals surface area contributed by atoms with E-state index in [9.17, 15) is 5.11 Å². The number of fused-ring (bicyclic) bond motifs is 1. The normalized spacial score (nSPS) is 22.8. The highest BCUT2D eigenvalue weighted by atomic mass is 16.3. The van der Waals surface area contributed by atoms with Gasteiger partial charge in [0.25, 0.3) is 0 Å². The number of benzene rings is 1. The molecule has 1 fully saturated rings. The number of aliphatic hydroxyl groups excluding tert-OH is 1. The van der Waals surface area contributed by atoms with Gasteiger partial charge < -0.3 is 15.8 Å². The highest BCUT2D eigenvalue weighted by molar-refractivity contribution is 5.93. The zero-order valence-corrected chi connectivity index (χ0v) is 15.7. The number of nitrogens with zero attached hydrogens (tertiary/aromatic N) is 5. The topological polar surface area (TPSA) is 111 Å². The Bertz CT molecular complexity index is 1120. The molecule has 0 amide bonds. The van der Waals surface area contributed by atoms with Crippen LogP contribution in [-0.4, -0.2) is 46.8 Å². The molecule has 8 heteroatoms. The van der Waals surface area contributed by atoms with Crippen LogP contribution in [0, 0.1) is 0 Å². The van der Waals surface area contributed by atoms with Crippen molar-refractivity contribution in [2.24, 2.45) is 12.8 Å². The van der Waals surface area contributed by atoms with Crippen molar-refractivity contribution >= 4 is 10.9 Å². The molecule has 0 unspecified atom stereocenters. The van der Waals surface area contributed by atoms with Crippen molar-refractivity contribution in [2.45, 2.75) is 37.3 Å². The van der Waals surface area contributed by atoms with Gasteiger partial charge in [-0.2, -0.15) is 9.78 Å². The molecule has 4 N–H and O–H groups in total. The molecule has 8 nitrogen and oxygen atoms in total. The summed E-state index contributed by atoms with van der Waals surface area (Å²) in [6.45, 7) is 0. The first-order valence-corrected chi connectivity index (χ1v) is 9.57. The van der Waals surface area contributed by atoms with Crippen LogP contribution in [0.1, 0.15) is 31.0 Å². The van der Waals surface area contributed by atoms with Crippen LogP contribution in [-0.2, 0) is 7.05 Å². The van der Waals surface area contributed by atoms with E-state index in [4.69, 9.17) is 15.8 Å². The lowest BCUT2D eigenvalue weighted by atomic mass is 9.83. The molecule has 1 aliphatic carbocycles. The van der Waals surface area contributed by atoms with Crippen LogP contribution in [0.25, 0.3) is 28.1 Å². The zero-order chi connectivity index (χ0) is 19.3. The van der Waals surface area contributed by atoms with Gasteiger partial charge in [0.05, 0.1) is 12.3 Å². The fourth-order valence-corrected chi connectivity index (χ4v) is 4.13. The molecule has 1 saturated carbocycles. The second kappa shape index (κ2) is 6.57. The van der Waals surface area contributed by atoms with E-state index in [1.807, 2.05) is 42.2 Å². The third-order valence-electron chi connectivity index (χ3n) is 5.70. The summed E-state index contributed by atoms with van der Waals surface area (Å²) in [6.07, 6.45) is 5.45. The van der Waals surface area contributed by atoms with E-state index < -0.39 is 6.10 Å². The molecule has 3 atom stereocenters. The van der Waals surface area contributed by atoms with Crippen LogP contribution in [0.15, 0.2) is 42.7 Å². The molecule has 5 rings (SSSR count). The highest BCUT2D eigenvalue weighted by Gasteiger charge is 2.32. The number of aromatic nitrogens is 6. The summed E-state index contributed by atoms with van der Waals surface area (Å²) < 4.78 is 3.66. The number of rotatable bonds is 3. The van der Waals surface area contributed by atoms with Crippen molar-refractivity contribution in [3.63, 3.8) is 0 Å². The maximum absolute atomic E-state index is 10.0. The molecule has 0 radical (unpaired) electrons. The molecular formula is C20H23N7O. The molecule has 0 saturated heterocycles. The second-order valence-electron chi connectivity index (χ2n) is 7.51. The Morgan fingerprint density at radius 2 is 2.07 bits per heavy atom. The first-order valence-electron chi connectivity index (χ1n) is 9.57. The number of para-hydroxylation sites is 1. The van der Waals surface area contributed by atoms with E-state index in [1.165, 1.54) is 0 Å². The van der Waals surface area contributed by atoms with Gasteiger partial charge in [-0.25, -0.2) is 4.98 Å². The number of hydrogen-bond donors (Lipinski definition) is 3. The van der Waals surface area contributed by atoms with Crippen molar-refractivity contribution in [2.75, 3.05) is 0 Å². The molecule has 1 aromatic carbocycles. The van der Waals surface area contributed by atoms with Gasteiger partial charge in [-0.1, -0.05) is 18.2 Å². The van der Waals surface area contributed by atoms with Crippen LogP contribution < -0.4 is 5.73 Å². The highest BCUT2D eigenvalue weighted by Crippen LogP contribution is 2.35. The fraction of sp³-hybridized carbons (Fsp3) is 0.350. The maximum Gasteiger partial charge on any atom is 0.184 e. The monoisotopic (exact) mass is 377 g/mol. The minimum absolute atomic E-state index is 0.139. The molecule has 3 heterocycles. The number of H-pyrrole nitrogens is 1. The molecule has 3 aromatic heterocycles. The third-order valence-corrected chi connectivity index (χ3v) is 5.70. The Balaban J connectivity index is 1.64. The predicted octanol–water partition coefficient (Wildman–Crippen LogP) is 2.10. The van der Waals surface area contributed by atoms with Gasteiger partial charge in [0.15, 0.2) is 11.6 Å². The number of aliphatic hydroxyl groups is 1. The summed E-state index contributed by atoms with van der Waals surface area (Å²) in [5.41, 5.74) is 8.18. The first-order chi connectivity index (χ1) is 13.6. The lowest BCUT2D eigenvalue weighted by molar-refractivity contribution is 0.0989. The Morgan fingerprint density at radius 1 is 1.21 bits per heavy atom. The van der Waals surface area contributed by atoms with Crippen molar-refractivity contribution < 1.29 is 5.11 Å². The van der Waals surface area contributed by atoms with E-state index in [2.05, 4.69) is 16.1 Å². The fourth-order valence-electron chi connectivity index (χ4n) is 4.13. The summed E-state index contributed by atoms with van der Waals surface area (Å²) >= 11 is 0. The van der Waals surface area contributed by atoms with E-state index in [0.717, 1.165) is 34.5 Å². The van der Waals surface area contributed by atoms with Crippen molar-refractivity contribution in [1.29, 1.82) is 0 Å². The average Bonchev–Trinajstić information content (AvgIpc) is 3.41. The van der Waals surface area contributed by atoms with Gasteiger partial charge in [0, 0.05) is 47.7 Å². The second-order valence-corrected chi connectivity index (χ2v) is 7.51. The molecule has 0 spiro atoms. The number of nitrogens with one attached hydrogen (secondary N) is 1. The van der Waals surface area contributed by atoms with Gasteiger partial charge in [-0.3, -0.25) is 4.68 Å². The van der Waals surface area contributed by atoms with Gasteiger partial charge in [0.2, 0.25) is 0 Å². The minimum Gasteiger partial charge on any atom is -0.392 e. The standard InChI is InChI=1S/C20H23N7O/c1-26-18(8-9-23-26)27-20(12-6-7-17(28)15(21)10-12)24-19(25-27)14-11-22-16-5-3-2-4-13(14)16/h2-5,8-9,11-12,15,17,22,28H,6-7,10,21H2,1H3/t12-,15+,17+/m0/s1. The quantitative estimate of drug-likeness (QED) is 0.506. The summed E-state index contributed by atoms with van der Waals surface area (Å²) in [5, 5.41) is 20.2. The van der Waals surface area contributed by atoms with Crippen LogP contribution >= 0.6 is 0 Å². The van der Waals surface area contributed by atoms with Crippen molar-refractivity contribution in [1.82, 2.24) is 29.5 Å². The molecular weight excluding hydrogens is 354 g/mol. The van der Waals surface area contributed by atoms with Crippen molar-refractivity contribution in [3.05, 3.63) is 48.5 Å². The predicted molar refractivity (Wildman–Crippen MR) is 106 cm³/mol. The largest absolute Gasteiger partial charge is 0.392 e. The Morgan fingerprint density at radius 3 is 2.86 bits per heavy atom. The summed E-state index contributed by atoms with van der Waals surface area (Å²) in [7, 11) is 1.89. The Hall–Kier alpha value is -2.97. The molecule has 1 aliphatic rings. The van der Waals surface area contributed by atoms with Gasteiger partial charge >= 0.3 is 0 Å². The molecule has 0 aliphatic heterocycles. The van der Waals surface area contributed by atoms with E-state index in [-0.39, 0.29) is 12.0 Å². The number of nitrogens with two attached hydrogens (primary N) is 1. The van der Waals surface area contributed by atoms with Crippen LogP contribution in [0.5, 0.6) is 0 Å². The Kier molecular flexibility index (Phi) is 4.03. The minimum atomic E-state index is -0.447. The van der Waals surface area contributed by atoms with Crippen LogP contribution in [0.3, 0.4) is 0 Å². The lowest BCUT2D eigenvalue weighted by Gasteiger charge is -2.30. The van der Waals surface area contributed by atoms with Gasteiger partial charge in [-0.05, 0) is 25.3 Å². The number of hydrogen-bond acceptors (Lipinski definition) is 5. The summed E-state index contributed by atoms with van der Waals surface area (Å²) in [6, 6.07) is 9.81. The van der Waals surface area contributed by atoms with E-state index >= 15 is 0 Å². The molecule has 4 aromatic rings. The molecule has 144 valence electrons. The van der Waals surface area contributed by atoms with E-state index in [0.29, 0.717) is 18.7 Å². The number of aryl methyl sites for hydroxylation is 1. The number of aromatic amines is 1. The Labute approximate surface area is 162 Å². The smallest absolute Gasteiger partial charge is 0.184 e. The summed E-state index contributed by atoms with van der Waals surface area (Å²) in [5.74, 6) is 2.53. The van der Waals surface area contributed by atoms with Crippen LogP contribution in [0.2, 0.25) is 0 Å². The van der Waals surface area contributed by atoms with Gasteiger partial charge in [0.1, 0.15) is 5.82 Å². The zero-order valence-electron chi connectivity index (χ0n) is 15.7. The average molecular weight is 377 g/mol. The lowest BCUT2D eigenvalue weighted by Crippen LogP contribution is -2.40. The summed E-state index contributed by atoms with van der Waals surface area (Å²) in [4.78, 5) is 8.23. The maximum atomic E-state index is 10.0. The molecule has 0 bridgehead atoms. The first kappa shape index (κ1) is 17.2. The van der Waals surface area contributed by atoms with Crippen molar-refractivity contribution in [3.8, 4) is 17.2 Å². The molecule has 28 heavy (non-hydrogen) atoms. The SMILES string of the molecule is Cn1nccc1-n1nc(-c2c[nH]c3ccccc23)nc1[C@H]1CC[C@@H](O)[C@H](N)C1. The van der Waals surface area contributed by atoms with E-state index in [1.54, 1.807) is 10.9 Å². The van der Waals surface area contributed by atoms with Gasteiger partial charge in [-0.15, -0.1) is 5.10 Å². The van der Waals surface area contributed by atoms with Crippen LogP contribution in [0.4, 0.5) is 0 Å². The third kappa shape index (κ3) is 2.73.